The topological polar surface area (TPSA) is 184 Å². The predicted octanol–water partition coefficient (Wildman–Crippen LogP) is 8.60. The summed E-state index contributed by atoms with van der Waals surface area (Å²) in [6.07, 6.45) is -3.16. The summed E-state index contributed by atoms with van der Waals surface area (Å²) in [5.74, 6) is -6.38. The maximum Gasteiger partial charge on any atom is 0.490 e. The van der Waals surface area contributed by atoms with Crippen LogP contribution in [0.3, 0.4) is 0 Å². The van der Waals surface area contributed by atoms with Crippen molar-refractivity contribution in [3.63, 3.8) is 0 Å². The van der Waals surface area contributed by atoms with E-state index in [1.807, 2.05) is 36.4 Å². The number of barbiturate groups is 1. The van der Waals surface area contributed by atoms with Crippen molar-refractivity contribution in [3.8, 4) is 0 Å². The van der Waals surface area contributed by atoms with E-state index in [4.69, 9.17) is 31.3 Å². The fourth-order valence-electron chi connectivity index (χ4n) is 5.35. The van der Waals surface area contributed by atoms with Crippen LogP contribution in [-0.2, 0) is 32.0 Å². The van der Waals surface area contributed by atoms with Gasteiger partial charge in [-0.05, 0) is 99.1 Å². The standard InChI is InChI=1S/C30H38Br4N4O3.2C2HF3O2/c31-23-13-21(14-24(32)17-23)19-30(20-22-15-25(33)18-26(34)16-22)27(39)37(11-7-3-1-5-9-35)29(41)38(28(30)40)12-8-4-2-6-10-36;2*3-2(4,5)1(6)7/h13-18H,1-12,19-20,35-36H2;2*(H,6,7). The Hall–Kier alpha value is -2.59. The second-order valence-corrected chi connectivity index (χ2v) is 15.9. The Morgan fingerprint density at radius 2 is 0.836 bits per heavy atom. The van der Waals surface area contributed by atoms with E-state index in [2.05, 4.69) is 63.7 Å². The third kappa shape index (κ3) is 17.2. The van der Waals surface area contributed by atoms with Gasteiger partial charge in [0.1, 0.15) is 5.41 Å². The second kappa shape index (κ2) is 23.6. The van der Waals surface area contributed by atoms with Gasteiger partial charge >= 0.3 is 30.3 Å². The molecule has 0 spiro atoms. The summed E-state index contributed by atoms with van der Waals surface area (Å²) in [7, 11) is 0. The van der Waals surface area contributed by atoms with Gasteiger partial charge < -0.3 is 21.7 Å². The number of carboxylic acid groups (broad SMARTS) is 2. The summed E-state index contributed by atoms with van der Waals surface area (Å²) in [6.45, 7) is 1.76. The molecule has 2 aromatic rings. The highest BCUT2D eigenvalue weighted by Crippen LogP contribution is 2.39. The number of urea groups is 1. The zero-order chi connectivity index (χ0) is 42.1. The lowest BCUT2D eigenvalue weighted by molar-refractivity contribution is -0.193. The van der Waals surface area contributed by atoms with Crippen LogP contribution >= 0.6 is 63.7 Å². The number of unbranched alkanes of at least 4 members (excludes halogenated alkanes) is 6. The van der Waals surface area contributed by atoms with Gasteiger partial charge in [0.05, 0.1) is 0 Å². The van der Waals surface area contributed by atoms with E-state index < -0.39 is 47.6 Å². The number of rotatable bonds is 16. The Bertz CT molecular complexity index is 1480. The fourth-order valence-corrected chi connectivity index (χ4v) is 8.12. The molecule has 0 saturated carbocycles. The number of benzene rings is 2. The molecule has 11 nitrogen and oxygen atoms in total. The number of carbonyl (C=O) groups is 5. The molecule has 0 atom stereocenters. The minimum absolute atomic E-state index is 0.160. The molecule has 3 rings (SSSR count). The maximum absolute atomic E-state index is 14.5. The van der Waals surface area contributed by atoms with E-state index in [0.29, 0.717) is 25.9 Å². The fraction of sp³-hybridized carbons (Fsp3) is 0.500. The van der Waals surface area contributed by atoms with Crippen molar-refractivity contribution in [1.29, 1.82) is 0 Å². The maximum atomic E-state index is 14.5. The smallest absolute Gasteiger partial charge is 0.475 e. The van der Waals surface area contributed by atoms with Crippen molar-refractivity contribution in [2.45, 2.75) is 76.6 Å². The van der Waals surface area contributed by atoms with Crippen LogP contribution in [0, 0.1) is 5.41 Å². The van der Waals surface area contributed by atoms with Gasteiger partial charge in [-0.1, -0.05) is 89.4 Å². The first kappa shape index (κ1) is 50.4. The van der Waals surface area contributed by atoms with Gasteiger partial charge in [-0.3, -0.25) is 19.4 Å². The van der Waals surface area contributed by atoms with Crippen LogP contribution in [0.15, 0.2) is 54.3 Å². The molecule has 0 radical (unpaired) electrons. The number of hydrogen-bond donors (Lipinski definition) is 4. The first-order valence-corrected chi connectivity index (χ1v) is 19.8. The average Bonchev–Trinajstić information content (AvgIpc) is 3.05. The lowest BCUT2D eigenvalue weighted by Crippen LogP contribution is -2.66. The zero-order valence-electron chi connectivity index (χ0n) is 29.1. The van der Waals surface area contributed by atoms with Crippen molar-refractivity contribution < 1.29 is 60.5 Å². The predicted molar refractivity (Wildman–Crippen MR) is 205 cm³/mol. The largest absolute Gasteiger partial charge is 0.490 e. The van der Waals surface area contributed by atoms with Gasteiger partial charge in [-0.2, -0.15) is 26.3 Å². The quantitative estimate of drug-likeness (QED) is 0.0727. The number of alkyl halides is 6. The molecule has 0 unspecified atom stereocenters. The Morgan fingerprint density at radius 1 is 0.564 bits per heavy atom. The molecule has 21 heteroatoms. The Balaban J connectivity index is 0.000000913. The number of halogens is 10. The van der Waals surface area contributed by atoms with Crippen LogP contribution in [0.5, 0.6) is 0 Å². The van der Waals surface area contributed by atoms with Gasteiger partial charge in [0.25, 0.3) is 0 Å². The van der Waals surface area contributed by atoms with E-state index in [9.17, 15) is 40.7 Å². The third-order valence-electron chi connectivity index (χ3n) is 7.78. The highest BCUT2D eigenvalue weighted by Gasteiger charge is 2.57. The van der Waals surface area contributed by atoms with E-state index >= 15 is 0 Å². The monoisotopic (exact) mass is 1050 g/mol. The molecule has 0 aliphatic carbocycles. The molecule has 1 aliphatic rings. The molecule has 55 heavy (non-hydrogen) atoms. The van der Waals surface area contributed by atoms with Gasteiger partial charge in [0.2, 0.25) is 11.8 Å². The van der Waals surface area contributed by atoms with Crippen LogP contribution < -0.4 is 11.5 Å². The molecule has 1 aliphatic heterocycles. The van der Waals surface area contributed by atoms with Crippen LogP contribution in [-0.4, -0.2) is 88.3 Å². The van der Waals surface area contributed by atoms with Gasteiger partial charge in [0, 0.05) is 31.0 Å². The minimum Gasteiger partial charge on any atom is -0.475 e. The lowest BCUT2D eigenvalue weighted by Gasteiger charge is -2.44. The Labute approximate surface area is 347 Å². The highest BCUT2D eigenvalue weighted by atomic mass is 79.9. The summed E-state index contributed by atoms with van der Waals surface area (Å²) in [6, 6.07) is 11.0. The van der Waals surface area contributed by atoms with Crippen molar-refractivity contribution in [3.05, 3.63) is 65.4 Å². The summed E-state index contributed by atoms with van der Waals surface area (Å²) in [5, 5.41) is 14.2. The molecule has 0 aromatic heterocycles. The third-order valence-corrected chi connectivity index (χ3v) is 9.62. The van der Waals surface area contributed by atoms with Crippen LogP contribution in [0.25, 0.3) is 0 Å². The normalized spacial score (nSPS) is 14.2. The highest BCUT2D eigenvalue weighted by molar-refractivity contribution is 9.11. The number of carbonyl (C=O) groups excluding carboxylic acids is 3. The Kier molecular flexibility index (Phi) is 21.6. The molecular formula is C34H40Br4F6N4O7. The van der Waals surface area contributed by atoms with Gasteiger partial charge in [-0.25, -0.2) is 14.4 Å². The average molecular weight is 1050 g/mol. The summed E-state index contributed by atoms with van der Waals surface area (Å²) < 4.78 is 66.8. The molecule has 4 amide bonds. The van der Waals surface area contributed by atoms with E-state index in [1.54, 1.807) is 0 Å². The lowest BCUT2D eigenvalue weighted by atomic mass is 9.72. The minimum atomic E-state index is -5.08. The Morgan fingerprint density at radius 3 is 1.09 bits per heavy atom. The van der Waals surface area contributed by atoms with Crippen molar-refractivity contribution in [2.24, 2.45) is 16.9 Å². The summed E-state index contributed by atoms with van der Waals surface area (Å²) in [5.41, 5.74) is 11.5. The van der Waals surface area contributed by atoms with Crippen molar-refractivity contribution in [2.75, 3.05) is 26.2 Å². The van der Waals surface area contributed by atoms with E-state index in [1.165, 1.54) is 9.80 Å². The van der Waals surface area contributed by atoms with Gasteiger partial charge in [-0.15, -0.1) is 0 Å². The second-order valence-electron chi connectivity index (χ2n) is 12.2. The number of imide groups is 2. The molecule has 6 N–H and O–H groups in total. The van der Waals surface area contributed by atoms with Crippen LogP contribution in [0.2, 0.25) is 0 Å². The van der Waals surface area contributed by atoms with Crippen molar-refractivity contribution >= 4 is 93.5 Å². The van der Waals surface area contributed by atoms with E-state index in [0.717, 1.165) is 67.5 Å². The van der Waals surface area contributed by atoms with Crippen molar-refractivity contribution in [1.82, 2.24) is 9.80 Å². The number of hydrogen-bond acceptors (Lipinski definition) is 7. The zero-order valence-corrected chi connectivity index (χ0v) is 35.5. The number of carboxylic acids is 2. The molecule has 308 valence electrons. The number of aliphatic carboxylic acids is 2. The summed E-state index contributed by atoms with van der Waals surface area (Å²) >= 11 is 14.2. The molecule has 1 heterocycles. The molecule has 2 aromatic carbocycles. The number of nitrogens with zero attached hydrogens (tertiary/aromatic N) is 2. The summed E-state index contributed by atoms with van der Waals surface area (Å²) in [4.78, 5) is 63.1. The molecule has 1 fully saturated rings. The molecular weight excluding hydrogens is 1010 g/mol. The number of nitrogens with two attached hydrogens (primary N) is 2. The van der Waals surface area contributed by atoms with Crippen LogP contribution in [0.1, 0.15) is 62.5 Å². The van der Waals surface area contributed by atoms with Gasteiger partial charge in [0.15, 0.2) is 0 Å². The SMILES string of the molecule is NCCCCCCN1C(=O)N(CCCCCCN)C(=O)C(Cc2cc(Br)cc(Br)c2)(Cc2cc(Br)cc(Br)c2)C1=O.O=C(O)C(F)(F)F.O=C(O)C(F)(F)F. The molecule has 1 saturated heterocycles. The van der Waals surface area contributed by atoms with E-state index in [-0.39, 0.29) is 25.9 Å². The van der Waals surface area contributed by atoms with Crippen LogP contribution in [0.4, 0.5) is 31.1 Å². The number of amides is 4. The first-order chi connectivity index (χ1) is 25.5. The first-order valence-electron chi connectivity index (χ1n) is 16.6. The molecule has 0 bridgehead atoms.